The Morgan fingerprint density at radius 3 is 2.65 bits per heavy atom. The Morgan fingerprint density at radius 1 is 1.00 bits per heavy atom. The molecule has 0 atom stereocenters. The van der Waals surface area contributed by atoms with Crippen molar-refractivity contribution in [2.45, 2.75) is 4.90 Å². The molecule has 0 amide bonds. The first-order valence-electron chi connectivity index (χ1n) is 6.42. The van der Waals surface area contributed by atoms with E-state index in [9.17, 15) is 4.79 Å². The van der Waals surface area contributed by atoms with Crippen LogP contribution in [0.5, 0.6) is 0 Å². The van der Waals surface area contributed by atoms with Gasteiger partial charge < -0.3 is 4.98 Å². The van der Waals surface area contributed by atoms with Crippen LogP contribution in [0.1, 0.15) is 16.1 Å². The summed E-state index contributed by atoms with van der Waals surface area (Å²) >= 11 is 1.54. The number of thioether (sulfide) groups is 1. The predicted molar refractivity (Wildman–Crippen MR) is 82.9 cm³/mol. The number of nitrogens with one attached hydrogen (secondary N) is 1. The lowest BCUT2D eigenvalue weighted by Crippen LogP contribution is -1.93. The van der Waals surface area contributed by atoms with Gasteiger partial charge in [-0.25, -0.2) is 0 Å². The molecule has 1 aliphatic rings. The van der Waals surface area contributed by atoms with E-state index in [0.717, 1.165) is 32.0 Å². The van der Waals surface area contributed by atoms with Crippen LogP contribution in [0.4, 0.5) is 0 Å². The van der Waals surface area contributed by atoms with Gasteiger partial charge in [-0.3, -0.25) is 4.79 Å². The molecule has 20 heavy (non-hydrogen) atoms. The molecule has 0 aliphatic carbocycles. The van der Waals surface area contributed by atoms with Gasteiger partial charge in [-0.1, -0.05) is 42.1 Å². The summed E-state index contributed by atoms with van der Waals surface area (Å²) in [6.45, 7) is 0. The summed E-state index contributed by atoms with van der Waals surface area (Å²) in [7, 11) is 0. The van der Waals surface area contributed by atoms with E-state index in [1.54, 1.807) is 11.8 Å². The summed E-state index contributed by atoms with van der Waals surface area (Å²) in [6, 6.07) is 17.9. The first-order valence-corrected chi connectivity index (χ1v) is 7.24. The van der Waals surface area contributed by atoms with E-state index in [1.165, 1.54) is 0 Å². The van der Waals surface area contributed by atoms with Crippen molar-refractivity contribution < 1.29 is 4.79 Å². The second kappa shape index (κ2) is 4.39. The standard InChI is InChI=1S/C17H11NOS/c19-17-13-6-2-4-8-15(13)20-16(17)10-12-9-11-5-1-3-7-14(11)18-12/h1-10,18H. The molecule has 0 radical (unpaired) electrons. The average molecular weight is 277 g/mol. The monoisotopic (exact) mass is 277 g/mol. The fourth-order valence-electron chi connectivity index (χ4n) is 2.45. The van der Waals surface area contributed by atoms with Crippen molar-refractivity contribution >= 4 is 34.5 Å². The largest absolute Gasteiger partial charge is 0.355 e. The zero-order chi connectivity index (χ0) is 13.5. The topological polar surface area (TPSA) is 32.9 Å². The Kier molecular flexibility index (Phi) is 2.54. The molecule has 1 N–H and O–H groups in total. The number of H-pyrrole nitrogens is 1. The fraction of sp³-hybridized carbons (Fsp3) is 0. The summed E-state index contributed by atoms with van der Waals surface area (Å²) < 4.78 is 0. The van der Waals surface area contributed by atoms with Crippen molar-refractivity contribution in [2.75, 3.05) is 0 Å². The van der Waals surface area contributed by atoms with Crippen LogP contribution >= 0.6 is 11.8 Å². The van der Waals surface area contributed by atoms with Crippen molar-refractivity contribution in [3.63, 3.8) is 0 Å². The lowest BCUT2D eigenvalue weighted by Gasteiger charge is -1.92. The summed E-state index contributed by atoms with van der Waals surface area (Å²) in [5.74, 6) is 0.115. The normalized spacial score (nSPS) is 16.0. The van der Waals surface area contributed by atoms with Gasteiger partial charge in [0.25, 0.3) is 0 Å². The molecule has 0 fully saturated rings. The Bertz CT molecular complexity index is 827. The molecule has 0 saturated heterocycles. The maximum absolute atomic E-state index is 12.3. The molecular weight excluding hydrogens is 266 g/mol. The number of allylic oxidation sites excluding steroid dienone is 1. The van der Waals surface area contributed by atoms with E-state index in [1.807, 2.05) is 48.5 Å². The van der Waals surface area contributed by atoms with Gasteiger partial charge in [0, 0.05) is 21.7 Å². The number of carbonyl (C=O) groups is 1. The summed E-state index contributed by atoms with van der Waals surface area (Å²) in [6.07, 6.45) is 1.94. The number of hydrogen-bond acceptors (Lipinski definition) is 2. The van der Waals surface area contributed by atoms with Crippen molar-refractivity contribution in [1.82, 2.24) is 4.98 Å². The third kappa shape index (κ3) is 1.79. The average Bonchev–Trinajstić information content (AvgIpc) is 3.01. The van der Waals surface area contributed by atoms with Crippen molar-refractivity contribution in [1.29, 1.82) is 0 Å². The quantitative estimate of drug-likeness (QED) is 0.664. The van der Waals surface area contributed by atoms with E-state index in [2.05, 4.69) is 17.1 Å². The fourth-order valence-corrected chi connectivity index (χ4v) is 3.49. The molecule has 3 heteroatoms. The van der Waals surface area contributed by atoms with Crippen LogP contribution in [0.3, 0.4) is 0 Å². The minimum Gasteiger partial charge on any atom is -0.355 e. The SMILES string of the molecule is O=C1C(=Cc2cc3ccccc3[nH]2)Sc2ccccc21. The van der Waals surface area contributed by atoms with Crippen LogP contribution in [0.25, 0.3) is 17.0 Å². The van der Waals surface area contributed by atoms with Crippen LogP contribution in [0.15, 0.2) is 64.4 Å². The highest BCUT2D eigenvalue weighted by atomic mass is 32.2. The highest BCUT2D eigenvalue weighted by Crippen LogP contribution is 2.40. The Morgan fingerprint density at radius 2 is 1.80 bits per heavy atom. The second-order valence-electron chi connectivity index (χ2n) is 4.75. The molecule has 0 saturated carbocycles. The molecule has 3 aromatic rings. The van der Waals surface area contributed by atoms with Crippen molar-refractivity contribution in [3.8, 4) is 0 Å². The van der Waals surface area contributed by atoms with E-state index in [-0.39, 0.29) is 5.78 Å². The number of para-hydroxylation sites is 1. The maximum Gasteiger partial charge on any atom is 0.200 e. The van der Waals surface area contributed by atoms with E-state index < -0.39 is 0 Å². The van der Waals surface area contributed by atoms with E-state index >= 15 is 0 Å². The molecular formula is C17H11NOS. The summed E-state index contributed by atoms with van der Waals surface area (Å²) in [5.41, 5.74) is 2.86. The van der Waals surface area contributed by atoms with Gasteiger partial charge in [-0.05, 0) is 35.7 Å². The number of benzene rings is 2. The number of hydrogen-bond donors (Lipinski definition) is 1. The lowest BCUT2D eigenvalue weighted by atomic mass is 10.1. The highest BCUT2D eigenvalue weighted by molar-refractivity contribution is 8.04. The third-order valence-electron chi connectivity index (χ3n) is 3.41. The van der Waals surface area contributed by atoms with Crippen LogP contribution in [-0.4, -0.2) is 10.8 Å². The molecule has 2 heterocycles. The number of aromatic amines is 1. The van der Waals surface area contributed by atoms with Gasteiger partial charge in [0.15, 0.2) is 0 Å². The van der Waals surface area contributed by atoms with Crippen molar-refractivity contribution in [3.05, 3.63) is 70.8 Å². The van der Waals surface area contributed by atoms with Crippen LogP contribution in [-0.2, 0) is 0 Å². The first kappa shape index (κ1) is 11.6. The maximum atomic E-state index is 12.3. The van der Waals surface area contributed by atoms with Crippen molar-refractivity contribution in [2.24, 2.45) is 0 Å². The Labute approximate surface area is 120 Å². The van der Waals surface area contributed by atoms with Crippen LogP contribution in [0.2, 0.25) is 0 Å². The van der Waals surface area contributed by atoms with E-state index in [0.29, 0.717) is 0 Å². The third-order valence-corrected chi connectivity index (χ3v) is 4.51. The second-order valence-corrected chi connectivity index (χ2v) is 5.83. The Balaban J connectivity index is 1.77. The molecule has 0 bridgehead atoms. The van der Waals surface area contributed by atoms with Crippen LogP contribution < -0.4 is 0 Å². The minimum atomic E-state index is 0.115. The molecule has 1 aromatic heterocycles. The molecule has 0 unspecified atom stereocenters. The van der Waals surface area contributed by atoms with Gasteiger partial charge in [0.05, 0.1) is 4.91 Å². The molecule has 1 aliphatic heterocycles. The number of aromatic nitrogens is 1. The van der Waals surface area contributed by atoms with E-state index in [4.69, 9.17) is 0 Å². The number of rotatable bonds is 1. The number of ketones is 1. The lowest BCUT2D eigenvalue weighted by molar-refractivity contribution is 0.104. The molecule has 0 spiro atoms. The summed E-state index contributed by atoms with van der Waals surface area (Å²) in [4.78, 5) is 17.5. The number of carbonyl (C=O) groups excluding carboxylic acids is 1. The van der Waals surface area contributed by atoms with Gasteiger partial charge in [0.2, 0.25) is 5.78 Å². The zero-order valence-corrected chi connectivity index (χ0v) is 11.4. The van der Waals surface area contributed by atoms with Gasteiger partial charge in [-0.2, -0.15) is 0 Å². The zero-order valence-electron chi connectivity index (χ0n) is 10.6. The molecule has 2 aromatic carbocycles. The predicted octanol–water partition coefficient (Wildman–Crippen LogP) is 4.50. The highest BCUT2D eigenvalue weighted by Gasteiger charge is 2.25. The number of fused-ring (bicyclic) bond motifs is 2. The minimum absolute atomic E-state index is 0.115. The van der Waals surface area contributed by atoms with Gasteiger partial charge in [-0.15, -0.1) is 0 Å². The molecule has 2 nitrogen and oxygen atoms in total. The Hall–Kier alpha value is -2.26. The first-order chi connectivity index (χ1) is 9.81. The van der Waals surface area contributed by atoms with Crippen LogP contribution in [0, 0.1) is 0 Å². The van der Waals surface area contributed by atoms with Gasteiger partial charge >= 0.3 is 0 Å². The summed E-state index contributed by atoms with van der Waals surface area (Å²) in [5, 5.41) is 1.16. The van der Waals surface area contributed by atoms with Gasteiger partial charge in [0.1, 0.15) is 0 Å². The number of Topliss-reactive ketones (excluding diaryl/α,β-unsaturated/α-hetero) is 1. The smallest absolute Gasteiger partial charge is 0.200 e. The molecule has 4 rings (SSSR count). The molecule has 96 valence electrons.